The molecule has 1 aliphatic carbocycles. The van der Waals surface area contributed by atoms with Gasteiger partial charge in [0.05, 0.1) is 23.4 Å². The molecule has 2 heterocycles. The number of thiazole rings is 1. The van der Waals surface area contributed by atoms with E-state index in [0.29, 0.717) is 11.8 Å². The van der Waals surface area contributed by atoms with Gasteiger partial charge < -0.3 is 10.1 Å². The van der Waals surface area contributed by atoms with E-state index >= 15 is 0 Å². The summed E-state index contributed by atoms with van der Waals surface area (Å²) in [6.45, 7) is 1.98. The molecular formula is C22H24N4O2S2. The van der Waals surface area contributed by atoms with Gasteiger partial charge in [-0.2, -0.15) is 0 Å². The van der Waals surface area contributed by atoms with Gasteiger partial charge in [-0.15, -0.1) is 21.5 Å². The number of aromatic nitrogens is 3. The Morgan fingerprint density at radius 1 is 1.23 bits per heavy atom. The summed E-state index contributed by atoms with van der Waals surface area (Å²) in [5.41, 5.74) is 2.73. The van der Waals surface area contributed by atoms with Gasteiger partial charge >= 0.3 is 0 Å². The van der Waals surface area contributed by atoms with Crippen LogP contribution in [0.1, 0.15) is 31.4 Å². The van der Waals surface area contributed by atoms with Crippen molar-refractivity contribution in [2.75, 3.05) is 12.9 Å². The summed E-state index contributed by atoms with van der Waals surface area (Å²) in [6, 6.07) is 12.1. The number of amides is 1. The number of benzene rings is 1. The fourth-order valence-electron chi connectivity index (χ4n) is 3.51. The Balaban J connectivity index is 1.41. The van der Waals surface area contributed by atoms with Gasteiger partial charge in [-0.25, -0.2) is 4.98 Å². The third-order valence-corrected chi connectivity index (χ3v) is 7.21. The maximum atomic E-state index is 12.1. The first kappa shape index (κ1) is 20.8. The van der Waals surface area contributed by atoms with Crippen LogP contribution in [0.25, 0.3) is 21.1 Å². The highest BCUT2D eigenvalue weighted by Crippen LogP contribution is 2.35. The minimum Gasteiger partial charge on any atom is -0.497 e. The number of carbonyl (C=O) groups is 1. The van der Waals surface area contributed by atoms with Crippen molar-refractivity contribution in [2.24, 2.45) is 0 Å². The van der Waals surface area contributed by atoms with E-state index in [0.717, 1.165) is 50.5 Å². The quantitative estimate of drug-likeness (QED) is 0.535. The molecule has 4 rings (SSSR count). The Bertz CT molecular complexity index is 1010. The fraction of sp³-hybridized carbons (Fsp3) is 0.364. The van der Waals surface area contributed by atoms with Gasteiger partial charge in [-0.3, -0.25) is 4.79 Å². The molecule has 0 saturated heterocycles. The van der Waals surface area contributed by atoms with E-state index in [1.807, 2.05) is 43.3 Å². The van der Waals surface area contributed by atoms with E-state index in [-0.39, 0.29) is 5.91 Å². The lowest BCUT2D eigenvalue weighted by molar-refractivity contribution is -0.119. The lowest BCUT2D eigenvalue weighted by Gasteiger charge is -2.11. The smallest absolute Gasteiger partial charge is 0.230 e. The zero-order valence-corrected chi connectivity index (χ0v) is 18.7. The SMILES string of the molecule is COc1cccc(-c2nc(C)c(-c3ccc(SCC(=O)NC4CCCC4)nn3)s2)c1. The first-order valence-corrected chi connectivity index (χ1v) is 11.8. The van der Waals surface area contributed by atoms with Crippen molar-refractivity contribution in [3.05, 3.63) is 42.1 Å². The molecule has 0 atom stereocenters. The van der Waals surface area contributed by atoms with Crippen LogP contribution in [0.15, 0.2) is 41.4 Å². The van der Waals surface area contributed by atoms with Crippen LogP contribution < -0.4 is 10.1 Å². The normalized spacial score (nSPS) is 14.1. The second-order valence-corrected chi connectivity index (χ2v) is 9.25. The molecule has 0 radical (unpaired) electrons. The molecule has 2 aromatic heterocycles. The standard InChI is InChI=1S/C22H24N4O2S2/c1-14-21(30-22(23-14)15-6-5-9-17(12-15)28-2)18-10-11-20(26-25-18)29-13-19(27)24-16-7-3-4-8-16/h5-6,9-12,16H,3-4,7-8,13H2,1-2H3,(H,24,27). The van der Waals surface area contributed by atoms with Crippen molar-refractivity contribution in [3.8, 4) is 26.9 Å². The molecule has 0 unspecified atom stereocenters. The van der Waals surface area contributed by atoms with Gasteiger partial charge in [0.1, 0.15) is 21.5 Å². The van der Waals surface area contributed by atoms with Crippen LogP contribution in [0.4, 0.5) is 0 Å². The summed E-state index contributed by atoms with van der Waals surface area (Å²) < 4.78 is 5.31. The maximum absolute atomic E-state index is 12.1. The van der Waals surface area contributed by atoms with Gasteiger partial charge in [0.25, 0.3) is 0 Å². The number of methoxy groups -OCH3 is 1. The predicted molar refractivity (Wildman–Crippen MR) is 121 cm³/mol. The van der Waals surface area contributed by atoms with Crippen molar-refractivity contribution < 1.29 is 9.53 Å². The Hall–Kier alpha value is -2.45. The van der Waals surface area contributed by atoms with E-state index in [9.17, 15) is 4.79 Å². The number of thioether (sulfide) groups is 1. The number of nitrogens with zero attached hydrogens (tertiary/aromatic N) is 3. The zero-order chi connectivity index (χ0) is 20.9. The monoisotopic (exact) mass is 440 g/mol. The van der Waals surface area contributed by atoms with Gasteiger partial charge in [0, 0.05) is 11.6 Å². The first-order chi connectivity index (χ1) is 14.6. The van der Waals surface area contributed by atoms with Crippen LogP contribution in [-0.2, 0) is 4.79 Å². The zero-order valence-electron chi connectivity index (χ0n) is 17.1. The Morgan fingerprint density at radius 3 is 2.80 bits per heavy atom. The molecule has 1 fully saturated rings. The lowest BCUT2D eigenvalue weighted by atomic mass is 10.2. The van der Waals surface area contributed by atoms with Crippen molar-refractivity contribution in [1.29, 1.82) is 0 Å². The number of rotatable bonds is 7. The molecule has 0 aliphatic heterocycles. The molecule has 6 nitrogen and oxygen atoms in total. The molecule has 3 aromatic rings. The molecule has 8 heteroatoms. The summed E-state index contributed by atoms with van der Waals surface area (Å²) in [4.78, 5) is 17.8. The van der Waals surface area contributed by atoms with Crippen molar-refractivity contribution in [2.45, 2.75) is 43.7 Å². The number of hydrogen-bond acceptors (Lipinski definition) is 7. The van der Waals surface area contributed by atoms with E-state index in [2.05, 4.69) is 15.5 Å². The van der Waals surface area contributed by atoms with E-state index < -0.39 is 0 Å². The Labute approximate surface area is 184 Å². The highest BCUT2D eigenvalue weighted by molar-refractivity contribution is 7.99. The summed E-state index contributed by atoms with van der Waals surface area (Å²) in [5.74, 6) is 1.24. The minimum atomic E-state index is 0.0685. The molecule has 0 bridgehead atoms. The second-order valence-electron chi connectivity index (χ2n) is 7.26. The van der Waals surface area contributed by atoms with E-state index in [1.165, 1.54) is 24.6 Å². The van der Waals surface area contributed by atoms with Gasteiger partial charge in [-0.1, -0.05) is 36.7 Å². The number of aryl methyl sites for hydroxylation is 1. The number of nitrogens with one attached hydrogen (secondary N) is 1. The molecule has 1 amide bonds. The van der Waals surface area contributed by atoms with Gasteiger partial charge in [-0.05, 0) is 44.0 Å². The third kappa shape index (κ3) is 4.99. The summed E-state index contributed by atoms with van der Waals surface area (Å²) >= 11 is 3.00. The molecule has 1 aliphatic rings. The topological polar surface area (TPSA) is 77.0 Å². The summed E-state index contributed by atoms with van der Waals surface area (Å²) in [6.07, 6.45) is 4.61. The highest BCUT2D eigenvalue weighted by Gasteiger charge is 2.17. The van der Waals surface area contributed by atoms with Crippen LogP contribution >= 0.6 is 23.1 Å². The largest absolute Gasteiger partial charge is 0.497 e. The van der Waals surface area contributed by atoms with Crippen LogP contribution in [0, 0.1) is 6.92 Å². The molecule has 1 saturated carbocycles. The van der Waals surface area contributed by atoms with E-state index in [1.54, 1.807) is 18.4 Å². The van der Waals surface area contributed by atoms with E-state index in [4.69, 9.17) is 9.72 Å². The Kier molecular flexibility index (Phi) is 6.64. The second kappa shape index (κ2) is 9.57. The van der Waals surface area contributed by atoms with Crippen molar-refractivity contribution in [3.63, 3.8) is 0 Å². The average Bonchev–Trinajstić information content (AvgIpc) is 3.42. The molecular weight excluding hydrogens is 416 g/mol. The molecule has 1 N–H and O–H groups in total. The number of hydrogen-bond donors (Lipinski definition) is 1. The highest BCUT2D eigenvalue weighted by atomic mass is 32.2. The molecule has 1 aromatic carbocycles. The molecule has 156 valence electrons. The molecule has 30 heavy (non-hydrogen) atoms. The van der Waals surface area contributed by atoms with Crippen molar-refractivity contribution >= 4 is 29.0 Å². The summed E-state index contributed by atoms with van der Waals surface area (Å²) in [5, 5.41) is 13.4. The first-order valence-electron chi connectivity index (χ1n) is 10.0. The lowest BCUT2D eigenvalue weighted by Crippen LogP contribution is -2.33. The van der Waals surface area contributed by atoms with Crippen molar-refractivity contribution in [1.82, 2.24) is 20.5 Å². The van der Waals surface area contributed by atoms with Crippen LogP contribution in [0.2, 0.25) is 0 Å². The predicted octanol–water partition coefficient (Wildman–Crippen LogP) is 4.74. The maximum Gasteiger partial charge on any atom is 0.230 e. The van der Waals surface area contributed by atoms with Crippen LogP contribution in [0.3, 0.4) is 0 Å². The van der Waals surface area contributed by atoms with Crippen LogP contribution in [-0.4, -0.2) is 40.0 Å². The fourth-order valence-corrected chi connectivity index (χ4v) is 5.16. The van der Waals surface area contributed by atoms with Gasteiger partial charge in [0.15, 0.2) is 0 Å². The Morgan fingerprint density at radius 2 is 2.07 bits per heavy atom. The molecule has 0 spiro atoms. The number of carbonyl (C=O) groups excluding carboxylic acids is 1. The number of ether oxygens (including phenoxy) is 1. The van der Waals surface area contributed by atoms with Crippen LogP contribution in [0.5, 0.6) is 5.75 Å². The average molecular weight is 441 g/mol. The summed E-state index contributed by atoms with van der Waals surface area (Å²) in [7, 11) is 1.66. The minimum absolute atomic E-state index is 0.0685. The third-order valence-electron chi connectivity index (χ3n) is 5.06. The van der Waals surface area contributed by atoms with Gasteiger partial charge in [0.2, 0.25) is 5.91 Å².